The van der Waals surface area contributed by atoms with Crippen molar-refractivity contribution >= 4 is 6.08 Å². The second-order valence-corrected chi connectivity index (χ2v) is 9.24. The van der Waals surface area contributed by atoms with E-state index >= 15 is 0 Å². The summed E-state index contributed by atoms with van der Waals surface area (Å²) in [5.74, 6) is 1.85. The molecule has 0 amide bonds. The van der Waals surface area contributed by atoms with Gasteiger partial charge in [0.2, 0.25) is 5.82 Å². The highest BCUT2D eigenvalue weighted by Gasteiger charge is 2.18. The van der Waals surface area contributed by atoms with Crippen molar-refractivity contribution in [2.75, 3.05) is 0 Å². The maximum Gasteiger partial charge on any atom is 0.346 e. The first-order valence-corrected chi connectivity index (χ1v) is 12.5. The zero-order valence-corrected chi connectivity index (χ0v) is 20.1. The number of aromatic nitrogens is 7. The summed E-state index contributed by atoms with van der Waals surface area (Å²) >= 11 is 0. The van der Waals surface area contributed by atoms with E-state index in [2.05, 4.69) is 64.0 Å². The fraction of sp³-hybridized carbons (Fsp3) is 0.370. The molecular weight excluding hydrogens is 438 g/mol. The van der Waals surface area contributed by atoms with Gasteiger partial charge in [0.15, 0.2) is 5.82 Å². The number of hydrogen-bond donors (Lipinski definition) is 1. The predicted molar refractivity (Wildman–Crippen MR) is 137 cm³/mol. The van der Waals surface area contributed by atoms with E-state index in [9.17, 15) is 4.79 Å². The third-order valence-electron chi connectivity index (χ3n) is 6.70. The first-order valence-electron chi connectivity index (χ1n) is 12.5. The summed E-state index contributed by atoms with van der Waals surface area (Å²) in [4.78, 5) is 13.3. The third-order valence-corrected chi connectivity index (χ3v) is 6.70. The van der Waals surface area contributed by atoms with E-state index in [-0.39, 0.29) is 5.69 Å². The molecule has 35 heavy (non-hydrogen) atoms. The molecule has 1 aliphatic rings. The molecule has 0 saturated heterocycles. The molecule has 2 aromatic carbocycles. The van der Waals surface area contributed by atoms with E-state index in [0.29, 0.717) is 24.8 Å². The van der Waals surface area contributed by atoms with Crippen molar-refractivity contribution < 1.29 is 0 Å². The average molecular weight is 470 g/mol. The van der Waals surface area contributed by atoms with Crippen LogP contribution in [0.4, 0.5) is 0 Å². The number of aromatic amines is 1. The van der Waals surface area contributed by atoms with Gasteiger partial charge in [-0.25, -0.2) is 9.48 Å². The van der Waals surface area contributed by atoms with Gasteiger partial charge in [-0.1, -0.05) is 74.7 Å². The van der Waals surface area contributed by atoms with Crippen LogP contribution in [-0.4, -0.2) is 35.0 Å². The maximum atomic E-state index is 13.3. The van der Waals surface area contributed by atoms with Gasteiger partial charge in [-0.3, -0.25) is 4.57 Å². The summed E-state index contributed by atoms with van der Waals surface area (Å²) < 4.78 is 3.48. The number of tetrazole rings is 1. The number of benzene rings is 2. The van der Waals surface area contributed by atoms with Crippen molar-refractivity contribution in [2.24, 2.45) is 5.92 Å². The second kappa shape index (κ2) is 10.6. The van der Waals surface area contributed by atoms with E-state index < -0.39 is 0 Å². The third kappa shape index (κ3) is 5.31. The molecule has 2 heterocycles. The molecule has 1 N–H and O–H groups in total. The fourth-order valence-corrected chi connectivity index (χ4v) is 4.79. The quantitative estimate of drug-likeness (QED) is 0.394. The second-order valence-electron chi connectivity index (χ2n) is 9.24. The lowest BCUT2D eigenvalue weighted by Crippen LogP contribution is -2.28. The Balaban J connectivity index is 1.37. The lowest BCUT2D eigenvalue weighted by Gasteiger charge is -2.20. The molecule has 5 rings (SSSR count). The van der Waals surface area contributed by atoms with Crippen molar-refractivity contribution in [1.82, 2.24) is 35.0 Å². The number of allylic oxidation sites excluding steroid dienone is 1. The fourth-order valence-electron chi connectivity index (χ4n) is 4.79. The molecule has 0 bridgehead atoms. The maximum absolute atomic E-state index is 13.3. The zero-order valence-electron chi connectivity index (χ0n) is 20.1. The van der Waals surface area contributed by atoms with Gasteiger partial charge in [0, 0.05) is 12.1 Å². The Morgan fingerprint density at radius 1 is 1.03 bits per heavy atom. The summed E-state index contributed by atoms with van der Waals surface area (Å²) in [6, 6.07) is 16.4. The average Bonchev–Trinajstić information content (AvgIpc) is 3.54. The van der Waals surface area contributed by atoms with Crippen LogP contribution in [0.15, 0.2) is 59.4 Å². The Labute approximate surface area is 204 Å². The number of nitrogens with zero attached hydrogens (tertiary/aromatic N) is 6. The normalized spacial score (nSPS) is 14.7. The topological polar surface area (TPSA) is 94.3 Å². The standard InChI is InChI=1S/C27H31N7O/c1-2-3-12-25-30-34(19-20-8-5-4-6-9-20)27(35)33(25)18-21-13-15-22(16-14-21)23-10-7-11-24(17-23)26-28-31-32-29-26/h3,7,10-17,20H,2,4-6,8-9,18-19H2,1H3,(H,28,29,31,32)/b12-3+. The van der Waals surface area contributed by atoms with Crippen molar-refractivity contribution in [2.45, 2.75) is 58.5 Å². The van der Waals surface area contributed by atoms with Crippen LogP contribution >= 0.6 is 0 Å². The summed E-state index contributed by atoms with van der Waals surface area (Å²) in [7, 11) is 0. The van der Waals surface area contributed by atoms with Crippen LogP contribution in [-0.2, 0) is 13.1 Å². The molecule has 0 atom stereocenters. The highest BCUT2D eigenvalue weighted by Crippen LogP contribution is 2.26. The first kappa shape index (κ1) is 23.0. The van der Waals surface area contributed by atoms with Crippen LogP contribution in [0, 0.1) is 5.92 Å². The Hall–Kier alpha value is -3.81. The SMILES string of the molecule is CC/C=C/c1nn(CC2CCCCC2)c(=O)n1Cc1ccc(-c2cccc(-c3nn[nH]n3)c2)cc1. The lowest BCUT2D eigenvalue weighted by molar-refractivity contribution is 0.303. The van der Waals surface area contributed by atoms with Gasteiger partial charge in [0.1, 0.15) is 0 Å². The van der Waals surface area contributed by atoms with Crippen LogP contribution < -0.4 is 5.69 Å². The van der Waals surface area contributed by atoms with E-state index in [0.717, 1.165) is 34.5 Å². The summed E-state index contributed by atoms with van der Waals surface area (Å²) in [6.45, 7) is 3.30. The molecule has 0 spiro atoms. The Kier molecular flexibility index (Phi) is 6.97. The smallest absolute Gasteiger partial charge is 0.271 e. The van der Waals surface area contributed by atoms with Crippen LogP contribution in [0.1, 0.15) is 56.8 Å². The Morgan fingerprint density at radius 2 is 1.83 bits per heavy atom. The molecule has 8 heteroatoms. The highest BCUT2D eigenvalue weighted by molar-refractivity contribution is 5.70. The molecule has 0 radical (unpaired) electrons. The van der Waals surface area contributed by atoms with E-state index in [4.69, 9.17) is 5.10 Å². The summed E-state index contributed by atoms with van der Waals surface area (Å²) in [6.07, 6.45) is 11.1. The van der Waals surface area contributed by atoms with Gasteiger partial charge in [-0.05, 0) is 59.2 Å². The van der Waals surface area contributed by atoms with Gasteiger partial charge in [0.25, 0.3) is 0 Å². The Bertz CT molecular complexity index is 1330. The number of rotatable bonds is 8. The van der Waals surface area contributed by atoms with Gasteiger partial charge >= 0.3 is 5.69 Å². The molecule has 1 saturated carbocycles. The van der Waals surface area contributed by atoms with Gasteiger partial charge in [-0.15, -0.1) is 10.2 Å². The van der Waals surface area contributed by atoms with Gasteiger partial charge in [-0.2, -0.15) is 10.3 Å². The molecule has 0 unspecified atom stereocenters. The largest absolute Gasteiger partial charge is 0.346 e. The first-order chi connectivity index (χ1) is 17.2. The van der Waals surface area contributed by atoms with Crippen molar-refractivity contribution in [1.29, 1.82) is 0 Å². The van der Waals surface area contributed by atoms with Gasteiger partial charge < -0.3 is 0 Å². The molecule has 1 aliphatic carbocycles. The molecular formula is C27H31N7O. The molecule has 2 aromatic heterocycles. The summed E-state index contributed by atoms with van der Waals surface area (Å²) in [5.41, 5.74) is 4.11. The zero-order chi connectivity index (χ0) is 24.0. The molecule has 4 aromatic rings. The van der Waals surface area contributed by atoms with Crippen LogP contribution in [0.2, 0.25) is 0 Å². The molecule has 0 aliphatic heterocycles. The van der Waals surface area contributed by atoms with Crippen LogP contribution in [0.5, 0.6) is 0 Å². The minimum Gasteiger partial charge on any atom is -0.271 e. The predicted octanol–water partition coefficient (Wildman–Crippen LogP) is 4.94. The molecule has 1 fully saturated rings. The minimum atomic E-state index is -0.0248. The minimum absolute atomic E-state index is 0.0248. The highest BCUT2D eigenvalue weighted by atomic mass is 16.2. The van der Waals surface area contributed by atoms with E-state index in [1.807, 2.05) is 24.3 Å². The van der Waals surface area contributed by atoms with Gasteiger partial charge in [0.05, 0.1) is 6.54 Å². The molecule has 180 valence electrons. The van der Waals surface area contributed by atoms with Crippen molar-refractivity contribution in [3.8, 4) is 22.5 Å². The van der Waals surface area contributed by atoms with E-state index in [1.54, 1.807) is 9.25 Å². The molecule has 8 nitrogen and oxygen atoms in total. The van der Waals surface area contributed by atoms with Crippen LogP contribution in [0.25, 0.3) is 28.6 Å². The number of H-pyrrole nitrogens is 1. The van der Waals surface area contributed by atoms with Crippen LogP contribution in [0.3, 0.4) is 0 Å². The number of hydrogen-bond acceptors (Lipinski definition) is 5. The van der Waals surface area contributed by atoms with Crippen molar-refractivity contribution in [3.63, 3.8) is 0 Å². The number of nitrogens with one attached hydrogen (secondary N) is 1. The Morgan fingerprint density at radius 3 is 2.57 bits per heavy atom. The summed E-state index contributed by atoms with van der Waals surface area (Å²) in [5, 5.41) is 19.0. The van der Waals surface area contributed by atoms with E-state index in [1.165, 1.54) is 32.1 Å². The van der Waals surface area contributed by atoms with Crippen molar-refractivity contribution in [3.05, 3.63) is 76.5 Å². The monoisotopic (exact) mass is 469 g/mol. The lowest BCUT2D eigenvalue weighted by atomic mass is 9.89.